The number of esters is 1. The van der Waals surface area contributed by atoms with Crippen LogP contribution in [-0.2, 0) is 4.74 Å². The van der Waals surface area contributed by atoms with Gasteiger partial charge >= 0.3 is 5.97 Å². The van der Waals surface area contributed by atoms with Crippen LogP contribution in [0.15, 0.2) is 23.8 Å². The summed E-state index contributed by atoms with van der Waals surface area (Å²) in [4.78, 5) is 21.7. The zero-order chi connectivity index (χ0) is 13.5. The summed E-state index contributed by atoms with van der Waals surface area (Å²) in [6.45, 7) is 5.78. The molecule has 1 aromatic rings. The van der Waals surface area contributed by atoms with E-state index >= 15 is 0 Å². The normalized spacial score (nSPS) is 10.4. The lowest BCUT2D eigenvalue weighted by atomic mass is 10.2. The summed E-state index contributed by atoms with van der Waals surface area (Å²) in [6.07, 6.45) is 4.70. The van der Waals surface area contributed by atoms with E-state index < -0.39 is 5.97 Å². The van der Waals surface area contributed by atoms with E-state index in [9.17, 15) is 4.79 Å². The fraction of sp³-hybridized carbons (Fsp3) is 0.308. The molecule has 5 heteroatoms. The minimum Gasteiger partial charge on any atom is -0.462 e. The van der Waals surface area contributed by atoms with Crippen LogP contribution in [0.25, 0.3) is 6.08 Å². The molecule has 0 aliphatic rings. The van der Waals surface area contributed by atoms with E-state index in [0.29, 0.717) is 23.6 Å². The van der Waals surface area contributed by atoms with Crippen molar-refractivity contribution >= 4 is 24.2 Å². The highest BCUT2D eigenvalue weighted by atomic mass is 16.5. The lowest BCUT2D eigenvalue weighted by molar-refractivity contribution is 0.0526. The maximum Gasteiger partial charge on any atom is 0.339 e. The van der Waals surface area contributed by atoms with Gasteiger partial charge in [-0.05, 0) is 13.0 Å². The number of ether oxygens (including phenoxy) is 1. The summed E-state index contributed by atoms with van der Waals surface area (Å²) in [5, 5.41) is 0. The van der Waals surface area contributed by atoms with E-state index in [2.05, 4.69) is 16.6 Å². The maximum atomic E-state index is 11.5. The van der Waals surface area contributed by atoms with Crippen molar-refractivity contribution in [2.75, 3.05) is 20.7 Å². The van der Waals surface area contributed by atoms with Gasteiger partial charge in [0.25, 0.3) is 0 Å². The second-order valence-corrected chi connectivity index (χ2v) is 3.77. The first-order valence-corrected chi connectivity index (χ1v) is 5.58. The number of rotatable bonds is 5. The van der Waals surface area contributed by atoms with Crippen molar-refractivity contribution in [3.05, 3.63) is 30.0 Å². The van der Waals surface area contributed by atoms with E-state index in [1.165, 1.54) is 6.20 Å². The van der Waals surface area contributed by atoms with Crippen LogP contribution in [0.2, 0.25) is 0 Å². The van der Waals surface area contributed by atoms with Crippen LogP contribution < -0.4 is 0 Å². The zero-order valence-electron chi connectivity index (χ0n) is 10.9. The predicted molar refractivity (Wildman–Crippen MR) is 72.1 cm³/mol. The van der Waals surface area contributed by atoms with Crippen LogP contribution in [0, 0.1) is 0 Å². The van der Waals surface area contributed by atoms with E-state index in [0.717, 1.165) is 0 Å². The van der Waals surface area contributed by atoms with Crippen LogP contribution in [0.5, 0.6) is 0 Å². The van der Waals surface area contributed by atoms with Gasteiger partial charge in [-0.25, -0.2) is 14.8 Å². The maximum absolute atomic E-state index is 11.5. The third kappa shape index (κ3) is 3.69. The molecule has 0 aliphatic heterocycles. The molecule has 0 radical (unpaired) electrons. The summed E-state index contributed by atoms with van der Waals surface area (Å²) < 4.78 is 4.91. The largest absolute Gasteiger partial charge is 0.462 e. The average molecular weight is 247 g/mol. The molecule has 0 saturated carbocycles. The number of carbonyl (C=O) groups excluding carboxylic acids is 1. The first-order valence-electron chi connectivity index (χ1n) is 5.58. The summed E-state index contributed by atoms with van der Waals surface area (Å²) in [7, 11) is 3.73. The van der Waals surface area contributed by atoms with Gasteiger partial charge < -0.3 is 9.64 Å². The fourth-order valence-electron chi connectivity index (χ4n) is 1.23. The average Bonchev–Trinajstić information content (AvgIpc) is 2.36. The monoisotopic (exact) mass is 247 g/mol. The van der Waals surface area contributed by atoms with Crippen LogP contribution in [0.4, 0.5) is 5.82 Å². The smallest absolute Gasteiger partial charge is 0.339 e. The van der Waals surface area contributed by atoms with Gasteiger partial charge in [0.2, 0.25) is 0 Å². The Labute approximate surface area is 107 Å². The van der Waals surface area contributed by atoms with Crippen LogP contribution >= 0.6 is 0 Å². The molecule has 1 rings (SSSR count). The Hall–Kier alpha value is -2.17. The van der Waals surface area contributed by atoms with Gasteiger partial charge in [0, 0.05) is 25.9 Å². The van der Waals surface area contributed by atoms with Crippen LogP contribution in [0.1, 0.15) is 22.8 Å². The van der Waals surface area contributed by atoms with Crippen molar-refractivity contribution in [2.24, 2.45) is 4.99 Å². The molecule has 5 nitrogen and oxygen atoms in total. The number of pyridine rings is 1. The van der Waals surface area contributed by atoms with Crippen molar-refractivity contribution in [1.29, 1.82) is 0 Å². The molecule has 1 aromatic heterocycles. The molecule has 0 bridgehead atoms. The minimum atomic E-state index is -0.392. The molecular weight excluding hydrogens is 230 g/mol. The van der Waals surface area contributed by atoms with Crippen molar-refractivity contribution < 1.29 is 9.53 Å². The van der Waals surface area contributed by atoms with E-state index in [1.807, 2.05) is 14.1 Å². The third-order valence-electron chi connectivity index (χ3n) is 2.04. The molecule has 0 spiro atoms. The highest BCUT2D eigenvalue weighted by molar-refractivity contribution is 5.90. The first kappa shape index (κ1) is 13.9. The lowest BCUT2D eigenvalue weighted by Gasteiger charge is -2.06. The second-order valence-electron chi connectivity index (χ2n) is 3.77. The summed E-state index contributed by atoms with van der Waals surface area (Å²) in [5.41, 5.74) is 1.09. The van der Waals surface area contributed by atoms with Crippen molar-refractivity contribution in [1.82, 2.24) is 9.88 Å². The first-order chi connectivity index (χ1) is 8.58. The van der Waals surface area contributed by atoms with Crippen LogP contribution in [-0.4, -0.2) is 42.9 Å². The molecule has 0 aromatic carbocycles. The van der Waals surface area contributed by atoms with E-state index in [4.69, 9.17) is 4.74 Å². The molecule has 1 heterocycles. The van der Waals surface area contributed by atoms with Gasteiger partial charge in [-0.2, -0.15) is 0 Å². The molecule has 0 amide bonds. The lowest BCUT2D eigenvalue weighted by Crippen LogP contribution is -2.08. The number of hydrogen-bond acceptors (Lipinski definition) is 4. The SMILES string of the molecule is C=Cc1cc(C(=O)OCC)cnc1/N=C\N(C)C. The van der Waals surface area contributed by atoms with Gasteiger partial charge in [-0.3, -0.25) is 0 Å². The third-order valence-corrected chi connectivity index (χ3v) is 2.04. The van der Waals surface area contributed by atoms with E-state index in [-0.39, 0.29) is 0 Å². The Morgan fingerprint density at radius 2 is 2.33 bits per heavy atom. The number of aromatic nitrogens is 1. The number of carbonyl (C=O) groups is 1. The highest BCUT2D eigenvalue weighted by Crippen LogP contribution is 2.18. The number of hydrogen-bond donors (Lipinski definition) is 0. The number of nitrogens with zero attached hydrogens (tertiary/aromatic N) is 3. The molecule has 0 unspecified atom stereocenters. The zero-order valence-corrected chi connectivity index (χ0v) is 10.9. The van der Waals surface area contributed by atoms with Gasteiger partial charge in [-0.1, -0.05) is 12.7 Å². The fourth-order valence-corrected chi connectivity index (χ4v) is 1.23. The molecule has 0 atom stereocenters. The predicted octanol–water partition coefficient (Wildman–Crippen LogP) is 2.12. The molecular formula is C13H17N3O2. The summed E-state index contributed by atoms with van der Waals surface area (Å²) in [6, 6.07) is 1.67. The van der Waals surface area contributed by atoms with Crippen molar-refractivity contribution in [3.63, 3.8) is 0 Å². The van der Waals surface area contributed by atoms with Crippen LogP contribution in [0.3, 0.4) is 0 Å². The quantitative estimate of drug-likeness (QED) is 0.454. The Kier molecular flexibility index (Phi) is 5.05. The van der Waals surface area contributed by atoms with Gasteiger partial charge in [0.1, 0.15) is 0 Å². The van der Waals surface area contributed by atoms with Crippen molar-refractivity contribution in [3.8, 4) is 0 Å². The van der Waals surface area contributed by atoms with Crippen molar-refractivity contribution in [2.45, 2.75) is 6.92 Å². The number of aliphatic imine (C=N–C) groups is 1. The molecule has 96 valence electrons. The Morgan fingerprint density at radius 3 is 2.89 bits per heavy atom. The minimum absolute atomic E-state index is 0.336. The Bertz CT molecular complexity index is 467. The second kappa shape index (κ2) is 6.54. The Morgan fingerprint density at radius 1 is 1.61 bits per heavy atom. The van der Waals surface area contributed by atoms with Gasteiger partial charge in [-0.15, -0.1) is 0 Å². The van der Waals surface area contributed by atoms with Gasteiger partial charge in [0.15, 0.2) is 5.82 Å². The topological polar surface area (TPSA) is 54.8 Å². The van der Waals surface area contributed by atoms with Gasteiger partial charge in [0.05, 0.1) is 18.5 Å². The molecule has 0 aliphatic carbocycles. The summed E-state index contributed by atoms with van der Waals surface area (Å²) in [5.74, 6) is 0.128. The molecule has 0 N–H and O–H groups in total. The molecule has 0 fully saturated rings. The Balaban J connectivity index is 3.03. The molecule has 0 saturated heterocycles. The standard InChI is InChI=1S/C13H17N3O2/c1-5-10-7-11(13(17)18-6-2)8-14-12(10)15-9-16(3)4/h5,7-9H,1,6H2,2-4H3/b15-9-. The highest BCUT2D eigenvalue weighted by Gasteiger charge is 2.09. The molecule has 18 heavy (non-hydrogen) atoms. The summed E-state index contributed by atoms with van der Waals surface area (Å²) >= 11 is 0. The van der Waals surface area contributed by atoms with E-state index in [1.54, 1.807) is 30.3 Å².